The van der Waals surface area contributed by atoms with E-state index < -0.39 is 23.3 Å². The molecule has 1 fully saturated rings. The van der Waals surface area contributed by atoms with Gasteiger partial charge in [-0.2, -0.15) is 0 Å². The largest absolute Gasteiger partial charge is 0.481 e. The predicted octanol–water partition coefficient (Wildman–Crippen LogP) is 2.60. The number of halogens is 1. The fraction of sp³-hybridized carbons (Fsp3) is 0.467. The van der Waals surface area contributed by atoms with Crippen molar-refractivity contribution in [2.45, 2.75) is 38.1 Å². The molecule has 2 rings (SSSR count). The van der Waals surface area contributed by atoms with E-state index in [2.05, 4.69) is 5.32 Å². The Balaban J connectivity index is 2.09. The Morgan fingerprint density at radius 2 is 1.80 bits per heavy atom. The maximum Gasteiger partial charge on any atom is 0.308 e. The van der Waals surface area contributed by atoms with Crippen LogP contribution >= 0.6 is 11.6 Å². The first-order chi connectivity index (χ1) is 9.36. The monoisotopic (exact) mass is 295 g/mol. The van der Waals surface area contributed by atoms with E-state index in [1.54, 1.807) is 26.0 Å². The Labute approximate surface area is 123 Å². The summed E-state index contributed by atoms with van der Waals surface area (Å²) in [5.41, 5.74) is 0.437. The number of hydrogen-bond acceptors (Lipinski definition) is 2. The molecule has 0 aliphatic heterocycles. The lowest BCUT2D eigenvalue weighted by Crippen LogP contribution is -2.44. The summed E-state index contributed by atoms with van der Waals surface area (Å²) in [6, 6.07) is 6.87. The van der Waals surface area contributed by atoms with Crippen LogP contribution in [-0.2, 0) is 15.0 Å². The van der Waals surface area contributed by atoms with Crippen LogP contribution in [0.1, 0.15) is 32.3 Å². The van der Waals surface area contributed by atoms with Gasteiger partial charge in [0.15, 0.2) is 0 Å². The lowest BCUT2D eigenvalue weighted by molar-refractivity contribution is -0.142. The van der Waals surface area contributed by atoms with E-state index in [-0.39, 0.29) is 5.91 Å². The second kappa shape index (κ2) is 5.44. The van der Waals surface area contributed by atoms with Crippen molar-refractivity contribution in [2.24, 2.45) is 5.92 Å². The molecule has 1 saturated carbocycles. The first-order valence-corrected chi connectivity index (χ1v) is 7.04. The zero-order chi connectivity index (χ0) is 14.9. The molecule has 20 heavy (non-hydrogen) atoms. The number of carbonyl (C=O) groups is 2. The molecule has 0 radical (unpaired) electrons. The van der Waals surface area contributed by atoms with Crippen LogP contribution in [0, 0.1) is 5.92 Å². The number of nitrogens with one attached hydrogen (secondary N) is 1. The van der Waals surface area contributed by atoms with Crippen LogP contribution in [0.15, 0.2) is 24.3 Å². The Kier molecular flexibility index (Phi) is 4.04. The number of carbonyl (C=O) groups excluding carboxylic acids is 1. The standard InChI is InChI=1S/C15H18ClNO3/c1-9(13(18)19)10(2)17-14(20)15(7-8-15)11-3-5-12(16)6-4-11/h3-6,9-10H,7-8H2,1-2H3,(H,17,20)(H,18,19). The van der Waals surface area contributed by atoms with Crippen LogP contribution in [0.5, 0.6) is 0 Å². The highest BCUT2D eigenvalue weighted by Crippen LogP contribution is 2.48. The maximum absolute atomic E-state index is 12.4. The summed E-state index contributed by atoms with van der Waals surface area (Å²) >= 11 is 5.86. The third-order valence-corrected chi connectivity index (χ3v) is 4.33. The summed E-state index contributed by atoms with van der Waals surface area (Å²) in [5, 5.41) is 12.4. The predicted molar refractivity (Wildman–Crippen MR) is 76.8 cm³/mol. The van der Waals surface area contributed by atoms with E-state index in [0.717, 1.165) is 18.4 Å². The molecule has 1 aromatic rings. The van der Waals surface area contributed by atoms with E-state index in [1.165, 1.54) is 0 Å². The van der Waals surface area contributed by atoms with Gasteiger partial charge in [0.25, 0.3) is 0 Å². The minimum absolute atomic E-state index is 0.0968. The quantitative estimate of drug-likeness (QED) is 0.877. The molecule has 2 atom stereocenters. The van der Waals surface area contributed by atoms with E-state index in [9.17, 15) is 9.59 Å². The summed E-state index contributed by atoms with van der Waals surface area (Å²) in [6.45, 7) is 3.31. The summed E-state index contributed by atoms with van der Waals surface area (Å²) < 4.78 is 0. The van der Waals surface area contributed by atoms with E-state index >= 15 is 0 Å². The molecule has 0 saturated heterocycles. The third-order valence-electron chi connectivity index (χ3n) is 4.08. The van der Waals surface area contributed by atoms with Crippen molar-refractivity contribution < 1.29 is 14.7 Å². The molecule has 1 aliphatic carbocycles. The fourth-order valence-electron chi connectivity index (χ4n) is 2.22. The Bertz CT molecular complexity index is 522. The second-order valence-electron chi connectivity index (χ2n) is 5.48. The first kappa shape index (κ1) is 14.9. The number of hydrogen-bond donors (Lipinski definition) is 2. The highest BCUT2D eigenvalue weighted by molar-refractivity contribution is 6.30. The van der Waals surface area contributed by atoms with Gasteiger partial charge in [-0.05, 0) is 44.4 Å². The van der Waals surface area contributed by atoms with E-state index in [4.69, 9.17) is 16.7 Å². The number of rotatable bonds is 5. The van der Waals surface area contributed by atoms with Gasteiger partial charge in [-0.15, -0.1) is 0 Å². The molecule has 2 unspecified atom stereocenters. The summed E-state index contributed by atoms with van der Waals surface area (Å²) in [4.78, 5) is 23.3. The Morgan fingerprint density at radius 1 is 1.25 bits per heavy atom. The van der Waals surface area contributed by atoms with Gasteiger partial charge in [0.2, 0.25) is 5.91 Å². The SMILES string of the molecule is CC(NC(=O)C1(c2ccc(Cl)cc2)CC1)C(C)C(=O)O. The summed E-state index contributed by atoms with van der Waals surface area (Å²) in [6.07, 6.45) is 1.57. The van der Waals surface area contributed by atoms with Crippen LogP contribution in [-0.4, -0.2) is 23.0 Å². The van der Waals surface area contributed by atoms with Gasteiger partial charge in [0, 0.05) is 11.1 Å². The van der Waals surface area contributed by atoms with Crippen molar-refractivity contribution in [3.63, 3.8) is 0 Å². The molecular weight excluding hydrogens is 278 g/mol. The van der Waals surface area contributed by atoms with Gasteiger partial charge in [0.05, 0.1) is 11.3 Å². The summed E-state index contributed by atoms with van der Waals surface area (Å²) in [5.74, 6) is -1.62. The van der Waals surface area contributed by atoms with Crippen molar-refractivity contribution in [1.82, 2.24) is 5.32 Å². The Hall–Kier alpha value is -1.55. The molecular formula is C15H18ClNO3. The number of carboxylic acid groups (broad SMARTS) is 1. The summed E-state index contributed by atoms with van der Waals surface area (Å²) in [7, 11) is 0. The zero-order valence-corrected chi connectivity index (χ0v) is 12.3. The number of amides is 1. The third kappa shape index (κ3) is 2.80. The van der Waals surface area contributed by atoms with Gasteiger partial charge in [-0.3, -0.25) is 9.59 Å². The maximum atomic E-state index is 12.4. The molecule has 4 nitrogen and oxygen atoms in total. The van der Waals surface area contributed by atoms with Crippen molar-refractivity contribution in [2.75, 3.05) is 0 Å². The van der Waals surface area contributed by atoms with Gasteiger partial charge in [-0.25, -0.2) is 0 Å². The van der Waals surface area contributed by atoms with Gasteiger partial charge in [-0.1, -0.05) is 23.7 Å². The molecule has 108 valence electrons. The number of aliphatic carboxylic acids is 1. The highest BCUT2D eigenvalue weighted by atomic mass is 35.5. The normalized spacial score (nSPS) is 18.9. The average Bonchev–Trinajstić information content (AvgIpc) is 3.20. The smallest absolute Gasteiger partial charge is 0.308 e. The van der Waals surface area contributed by atoms with Crippen LogP contribution in [0.3, 0.4) is 0 Å². The van der Waals surface area contributed by atoms with Gasteiger partial charge in [0.1, 0.15) is 0 Å². The van der Waals surface area contributed by atoms with Gasteiger partial charge < -0.3 is 10.4 Å². The molecule has 1 aromatic carbocycles. The topological polar surface area (TPSA) is 66.4 Å². The van der Waals surface area contributed by atoms with Crippen molar-refractivity contribution in [3.8, 4) is 0 Å². The molecule has 2 N–H and O–H groups in total. The molecule has 0 aromatic heterocycles. The minimum Gasteiger partial charge on any atom is -0.481 e. The molecule has 1 amide bonds. The molecule has 0 bridgehead atoms. The van der Waals surface area contributed by atoms with Crippen LogP contribution in [0.4, 0.5) is 0 Å². The zero-order valence-electron chi connectivity index (χ0n) is 11.5. The highest BCUT2D eigenvalue weighted by Gasteiger charge is 2.51. The number of benzene rings is 1. The molecule has 0 spiro atoms. The molecule has 1 aliphatic rings. The fourth-order valence-corrected chi connectivity index (χ4v) is 2.35. The lowest BCUT2D eigenvalue weighted by atomic mass is 9.94. The first-order valence-electron chi connectivity index (χ1n) is 6.66. The Morgan fingerprint density at radius 3 is 2.25 bits per heavy atom. The van der Waals surface area contributed by atoms with E-state index in [1.807, 2.05) is 12.1 Å². The number of carboxylic acids is 1. The molecule has 5 heteroatoms. The van der Waals surface area contributed by atoms with Crippen LogP contribution in [0.2, 0.25) is 5.02 Å². The second-order valence-corrected chi connectivity index (χ2v) is 5.91. The lowest BCUT2D eigenvalue weighted by Gasteiger charge is -2.22. The molecule has 0 heterocycles. The van der Waals surface area contributed by atoms with Crippen molar-refractivity contribution in [1.29, 1.82) is 0 Å². The van der Waals surface area contributed by atoms with Crippen LogP contribution in [0.25, 0.3) is 0 Å². The van der Waals surface area contributed by atoms with Gasteiger partial charge >= 0.3 is 5.97 Å². The van der Waals surface area contributed by atoms with E-state index in [0.29, 0.717) is 5.02 Å². The average molecular weight is 296 g/mol. The minimum atomic E-state index is -0.908. The van der Waals surface area contributed by atoms with Crippen molar-refractivity contribution in [3.05, 3.63) is 34.9 Å². The van der Waals surface area contributed by atoms with Crippen LogP contribution < -0.4 is 5.32 Å². The van der Waals surface area contributed by atoms with Crippen molar-refractivity contribution >= 4 is 23.5 Å².